The van der Waals surface area contributed by atoms with Crippen LogP contribution in [-0.2, 0) is 0 Å². The molecular weight excluding hydrogens is 234 g/mol. The van der Waals surface area contributed by atoms with Crippen molar-refractivity contribution >= 4 is 11.9 Å². The molecule has 6 heteroatoms. The van der Waals surface area contributed by atoms with E-state index in [4.69, 9.17) is 5.11 Å². The van der Waals surface area contributed by atoms with Crippen LogP contribution in [0.25, 0.3) is 0 Å². The van der Waals surface area contributed by atoms with Gasteiger partial charge in [-0.2, -0.15) is 0 Å². The highest BCUT2D eigenvalue weighted by atomic mass is 16.4. The lowest BCUT2D eigenvalue weighted by atomic mass is 10.2. The van der Waals surface area contributed by atoms with Crippen LogP contribution < -0.4 is 5.32 Å². The summed E-state index contributed by atoms with van der Waals surface area (Å²) in [7, 11) is 2.00. The Labute approximate surface area is 105 Å². The molecule has 0 spiro atoms. The number of carboxylic acid groups (broad SMARTS) is 1. The molecule has 18 heavy (non-hydrogen) atoms. The van der Waals surface area contributed by atoms with Crippen molar-refractivity contribution in [2.24, 2.45) is 0 Å². The van der Waals surface area contributed by atoms with E-state index in [0.29, 0.717) is 0 Å². The number of hydrogen-bond donors (Lipinski definition) is 2. The molecule has 2 N–H and O–H groups in total. The molecule has 1 aromatic rings. The van der Waals surface area contributed by atoms with Crippen molar-refractivity contribution in [3.63, 3.8) is 0 Å². The van der Waals surface area contributed by atoms with Gasteiger partial charge in [-0.1, -0.05) is 6.07 Å². The van der Waals surface area contributed by atoms with Crippen molar-refractivity contribution in [1.82, 2.24) is 15.2 Å². The Balaban J connectivity index is 2.04. The Morgan fingerprint density at radius 2 is 2.17 bits per heavy atom. The van der Waals surface area contributed by atoms with Crippen molar-refractivity contribution in [1.29, 1.82) is 0 Å². The van der Waals surface area contributed by atoms with Crippen LogP contribution in [0.3, 0.4) is 0 Å². The number of aromatic carboxylic acids is 1. The van der Waals surface area contributed by atoms with Crippen LogP contribution in [0.4, 0.5) is 0 Å². The normalized spacial score (nSPS) is 19.7. The van der Waals surface area contributed by atoms with E-state index in [-0.39, 0.29) is 23.3 Å². The number of pyridine rings is 1. The molecule has 2 heterocycles. The third kappa shape index (κ3) is 2.84. The Morgan fingerprint density at radius 1 is 1.44 bits per heavy atom. The first-order valence-corrected chi connectivity index (χ1v) is 5.76. The number of nitrogens with one attached hydrogen (secondary N) is 1. The Bertz CT molecular complexity index is 475. The van der Waals surface area contributed by atoms with E-state index in [2.05, 4.69) is 15.2 Å². The van der Waals surface area contributed by atoms with Crippen LogP contribution in [0.5, 0.6) is 0 Å². The van der Waals surface area contributed by atoms with Gasteiger partial charge in [0.15, 0.2) is 0 Å². The molecule has 0 unspecified atom stereocenters. The number of likely N-dealkylation sites (N-methyl/N-ethyl adjacent to an activating group) is 1. The summed E-state index contributed by atoms with van der Waals surface area (Å²) in [6.45, 7) is 1.76. The summed E-state index contributed by atoms with van der Waals surface area (Å²) in [4.78, 5) is 28.6. The van der Waals surface area contributed by atoms with Gasteiger partial charge in [-0.05, 0) is 32.1 Å². The monoisotopic (exact) mass is 249 g/mol. The fourth-order valence-electron chi connectivity index (χ4n) is 1.99. The number of aromatic nitrogens is 1. The molecule has 2 rings (SSSR count). The van der Waals surface area contributed by atoms with Crippen LogP contribution in [0, 0.1) is 0 Å². The zero-order valence-corrected chi connectivity index (χ0v) is 10.1. The SMILES string of the molecule is CN1CC[C@H](NC(=O)c2cccc(C(=O)O)n2)C1. The Morgan fingerprint density at radius 3 is 2.78 bits per heavy atom. The number of likely N-dealkylation sites (tertiary alicyclic amines) is 1. The highest BCUT2D eigenvalue weighted by molar-refractivity contribution is 5.94. The average molecular weight is 249 g/mol. The topological polar surface area (TPSA) is 82.5 Å². The van der Waals surface area contributed by atoms with E-state index in [0.717, 1.165) is 19.5 Å². The second kappa shape index (κ2) is 5.14. The van der Waals surface area contributed by atoms with E-state index in [1.165, 1.54) is 18.2 Å². The molecule has 0 aromatic carbocycles. The summed E-state index contributed by atoms with van der Waals surface area (Å²) in [5.74, 6) is -1.45. The van der Waals surface area contributed by atoms with Gasteiger partial charge in [-0.25, -0.2) is 9.78 Å². The van der Waals surface area contributed by atoms with Crippen molar-refractivity contribution in [2.45, 2.75) is 12.5 Å². The minimum absolute atomic E-state index is 0.109. The van der Waals surface area contributed by atoms with Gasteiger partial charge in [0.2, 0.25) is 0 Å². The van der Waals surface area contributed by atoms with Gasteiger partial charge in [0, 0.05) is 12.6 Å². The molecule has 1 aliphatic rings. The average Bonchev–Trinajstić information content (AvgIpc) is 2.75. The highest BCUT2D eigenvalue weighted by Crippen LogP contribution is 2.07. The van der Waals surface area contributed by atoms with Crippen LogP contribution in [0.2, 0.25) is 0 Å². The lowest BCUT2D eigenvalue weighted by molar-refractivity contribution is 0.0690. The molecule has 0 bridgehead atoms. The number of carbonyl (C=O) groups is 2. The second-order valence-corrected chi connectivity index (χ2v) is 4.43. The number of carbonyl (C=O) groups excluding carboxylic acids is 1. The van der Waals surface area contributed by atoms with Crippen molar-refractivity contribution in [3.05, 3.63) is 29.6 Å². The van der Waals surface area contributed by atoms with Gasteiger partial charge < -0.3 is 15.3 Å². The lowest BCUT2D eigenvalue weighted by Crippen LogP contribution is -2.37. The predicted octanol–water partition coefficient (Wildman–Crippen LogP) is 0.214. The Kier molecular flexibility index (Phi) is 3.57. The summed E-state index contributed by atoms with van der Waals surface area (Å²) >= 11 is 0. The fraction of sp³-hybridized carbons (Fsp3) is 0.417. The molecular formula is C12H15N3O3. The van der Waals surface area contributed by atoms with Crippen molar-refractivity contribution in [2.75, 3.05) is 20.1 Å². The fourth-order valence-corrected chi connectivity index (χ4v) is 1.99. The van der Waals surface area contributed by atoms with E-state index in [1.54, 1.807) is 0 Å². The molecule has 1 saturated heterocycles. The maximum Gasteiger partial charge on any atom is 0.354 e. The van der Waals surface area contributed by atoms with Gasteiger partial charge in [0.25, 0.3) is 5.91 Å². The maximum atomic E-state index is 11.9. The van der Waals surface area contributed by atoms with Gasteiger partial charge in [-0.3, -0.25) is 4.79 Å². The second-order valence-electron chi connectivity index (χ2n) is 4.43. The van der Waals surface area contributed by atoms with Crippen LogP contribution in [0.1, 0.15) is 27.4 Å². The van der Waals surface area contributed by atoms with E-state index in [1.807, 2.05) is 7.05 Å². The third-order valence-corrected chi connectivity index (χ3v) is 2.93. The highest BCUT2D eigenvalue weighted by Gasteiger charge is 2.22. The largest absolute Gasteiger partial charge is 0.477 e. The maximum absolute atomic E-state index is 11.9. The first-order chi connectivity index (χ1) is 8.56. The molecule has 1 aromatic heterocycles. The number of rotatable bonds is 3. The van der Waals surface area contributed by atoms with Crippen molar-refractivity contribution in [3.8, 4) is 0 Å². The van der Waals surface area contributed by atoms with E-state index >= 15 is 0 Å². The predicted molar refractivity (Wildman–Crippen MR) is 64.6 cm³/mol. The molecule has 1 fully saturated rings. The number of nitrogens with zero attached hydrogens (tertiary/aromatic N) is 2. The summed E-state index contributed by atoms with van der Waals surface area (Å²) in [5.41, 5.74) is 0.0237. The molecule has 6 nitrogen and oxygen atoms in total. The third-order valence-electron chi connectivity index (χ3n) is 2.93. The smallest absolute Gasteiger partial charge is 0.354 e. The Hall–Kier alpha value is -1.95. The van der Waals surface area contributed by atoms with Gasteiger partial charge >= 0.3 is 5.97 Å². The minimum Gasteiger partial charge on any atom is -0.477 e. The van der Waals surface area contributed by atoms with Gasteiger partial charge in [0.1, 0.15) is 11.4 Å². The van der Waals surface area contributed by atoms with Gasteiger partial charge in [0.05, 0.1) is 0 Å². The number of hydrogen-bond acceptors (Lipinski definition) is 4. The standard InChI is InChI=1S/C12H15N3O3/c1-15-6-5-8(7-15)13-11(16)9-3-2-4-10(14-9)12(17)18/h2-4,8H,5-7H2,1H3,(H,13,16)(H,17,18)/t8-/m0/s1. The lowest BCUT2D eigenvalue weighted by Gasteiger charge is -2.12. The molecule has 0 radical (unpaired) electrons. The molecule has 0 saturated carbocycles. The summed E-state index contributed by atoms with van der Waals surface area (Å²) in [5, 5.41) is 11.7. The summed E-state index contributed by atoms with van der Waals surface area (Å²) < 4.78 is 0. The quantitative estimate of drug-likeness (QED) is 0.800. The summed E-state index contributed by atoms with van der Waals surface area (Å²) in [6, 6.07) is 4.51. The molecule has 1 atom stereocenters. The zero-order valence-electron chi connectivity index (χ0n) is 10.1. The summed E-state index contributed by atoms with van der Waals surface area (Å²) in [6.07, 6.45) is 0.904. The van der Waals surface area contributed by atoms with E-state index in [9.17, 15) is 9.59 Å². The first-order valence-electron chi connectivity index (χ1n) is 5.76. The molecule has 0 aliphatic carbocycles. The number of carboxylic acids is 1. The molecule has 1 aliphatic heterocycles. The van der Waals surface area contributed by atoms with Gasteiger partial charge in [-0.15, -0.1) is 0 Å². The van der Waals surface area contributed by atoms with Crippen LogP contribution >= 0.6 is 0 Å². The van der Waals surface area contributed by atoms with Crippen LogP contribution in [0.15, 0.2) is 18.2 Å². The van der Waals surface area contributed by atoms with E-state index < -0.39 is 5.97 Å². The minimum atomic E-state index is -1.13. The van der Waals surface area contributed by atoms with Crippen molar-refractivity contribution < 1.29 is 14.7 Å². The van der Waals surface area contributed by atoms with Crippen LogP contribution in [-0.4, -0.2) is 53.0 Å². The molecule has 1 amide bonds. The zero-order chi connectivity index (χ0) is 13.1. The first kappa shape index (κ1) is 12.5. The number of amides is 1. The molecule has 96 valence electrons.